The Kier molecular flexibility index (Phi) is 2.32. The van der Waals surface area contributed by atoms with Crippen molar-refractivity contribution in [2.75, 3.05) is 5.73 Å². The zero-order valence-corrected chi connectivity index (χ0v) is 9.05. The molecule has 0 radical (unpaired) electrons. The van der Waals surface area contributed by atoms with Gasteiger partial charge in [-0.1, -0.05) is 0 Å². The number of nitrogens with two attached hydrogens (primary N) is 1. The molecular formula is C7H7BrN4S. The molecule has 4 nitrogen and oxygen atoms in total. The second kappa shape index (κ2) is 3.47. The summed E-state index contributed by atoms with van der Waals surface area (Å²) in [5.74, 6) is 0.315. The Balaban J connectivity index is 2.14. The molecule has 0 fully saturated rings. The van der Waals surface area contributed by atoms with Crippen LogP contribution in [0.3, 0.4) is 0 Å². The normalized spacial score (nSPS) is 10.5. The molecule has 68 valence electrons. The zero-order chi connectivity index (χ0) is 9.26. The molecule has 0 bridgehead atoms. The van der Waals surface area contributed by atoms with Gasteiger partial charge in [-0.3, -0.25) is 0 Å². The lowest BCUT2D eigenvalue weighted by atomic mass is 10.5. The number of thiophene rings is 1. The van der Waals surface area contributed by atoms with E-state index in [0.29, 0.717) is 5.95 Å². The van der Waals surface area contributed by atoms with Gasteiger partial charge < -0.3 is 5.73 Å². The van der Waals surface area contributed by atoms with Crippen molar-refractivity contribution >= 4 is 33.2 Å². The van der Waals surface area contributed by atoms with E-state index in [9.17, 15) is 0 Å². The molecule has 0 saturated heterocycles. The second-order valence-corrected chi connectivity index (χ2v) is 4.44. The summed E-state index contributed by atoms with van der Waals surface area (Å²) in [7, 11) is 0. The fourth-order valence-electron chi connectivity index (χ4n) is 0.982. The maximum atomic E-state index is 5.39. The minimum atomic E-state index is 0.315. The molecule has 2 heterocycles. The van der Waals surface area contributed by atoms with Crippen LogP contribution in [0.25, 0.3) is 0 Å². The number of nitrogens with zero attached hydrogens (tertiary/aromatic N) is 3. The number of hydrogen-bond acceptors (Lipinski definition) is 4. The third-order valence-corrected chi connectivity index (χ3v) is 3.18. The van der Waals surface area contributed by atoms with Crippen molar-refractivity contribution < 1.29 is 0 Å². The SMILES string of the molecule is Nc1ncn(Cc2cc(Br)cs2)n1. The molecule has 0 amide bonds. The van der Waals surface area contributed by atoms with Gasteiger partial charge in [0.05, 0.1) is 6.54 Å². The molecule has 2 N–H and O–H groups in total. The van der Waals surface area contributed by atoms with Crippen LogP contribution in [0.2, 0.25) is 0 Å². The maximum Gasteiger partial charge on any atom is 0.239 e. The molecule has 13 heavy (non-hydrogen) atoms. The largest absolute Gasteiger partial charge is 0.367 e. The predicted octanol–water partition coefficient (Wildman–Crippen LogP) is 1.73. The standard InChI is InChI=1S/C7H7BrN4S/c8-5-1-6(13-3-5)2-12-4-10-7(9)11-12/h1,3-4H,2H2,(H2,9,11). The summed E-state index contributed by atoms with van der Waals surface area (Å²) in [5.41, 5.74) is 5.39. The van der Waals surface area contributed by atoms with Crippen molar-refractivity contribution in [1.29, 1.82) is 0 Å². The van der Waals surface area contributed by atoms with Crippen LogP contribution in [0.4, 0.5) is 5.95 Å². The quantitative estimate of drug-likeness (QED) is 0.893. The van der Waals surface area contributed by atoms with E-state index in [2.05, 4.69) is 32.1 Å². The molecular weight excluding hydrogens is 252 g/mol. The van der Waals surface area contributed by atoms with Gasteiger partial charge in [-0.05, 0) is 22.0 Å². The highest BCUT2D eigenvalue weighted by molar-refractivity contribution is 9.10. The first kappa shape index (κ1) is 8.71. The third kappa shape index (κ3) is 2.07. The van der Waals surface area contributed by atoms with Gasteiger partial charge in [0.15, 0.2) is 0 Å². The Hall–Kier alpha value is -0.880. The molecule has 2 rings (SSSR count). The first-order valence-electron chi connectivity index (χ1n) is 3.62. The topological polar surface area (TPSA) is 56.7 Å². The Bertz CT molecular complexity index is 370. The van der Waals surface area contributed by atoms with E-state index in [1.807, 2.05) is 5.38 Å². The lowest BCUT2D eigenvalue weighted by molar-refractivity contribution is 0.695. The molecule has 0 aliphatic rings. The van der Waals surface area contributed by atoms with E-state index in [1.54, 1.807) is 22.3 Å². The lowest BCUT2D eigenvalue weighted by Crippen LogP contribution is -1.99. The highest BCUT2D eigenvalue weighted by atomic mass is 79.9. The summed E-state index contributed by atoms with van der Waals surface area (Å²) >= 11 is 5.07. The molecule has 2 aromatic rings. The van der Waals surface area contributed by atoms with Crippen molar-refractivity contribution in [3.8, 4) is 0 Å². The summed E-state index contributed by atoms with van der Waals surface area (Å²) in [6.45, 7) is 0.723. The molecule has 2 aromatic heterocycles. The van der Waals surface area contributed by atoms with Gasteiger partial charge in [0.25, 0.3) is 0 Å². The first-order chi connectivity index (χ1) is 6.24. The number of aromatic nitrogens is 3. The van der Waals surface area contributed by atoms with Gasteiger partial charge in [-0.15, -0.1) is 16.4 Å². The van der Waals surface area contributed by atoms with Crippen LogP contribution in [0.1, 0.15) is 4.88 Å². The van der Waals surface area contributed by atoms with Crippen LogP contribution in [-0.4, -0.2) is 14.8 Å². The van der Waals surface area contributed by atoms with Crippen molar-refractivity contribution in [3.63, 3.8) is 0 Å². The van der Waals surface area contributed by atoms with Crippen molar-refractivity contribution in [3.05, 3.63) is 27.1 Å². The van der Waals surface area contributed by atoms with Crippen LogP contribution < -0.4 is 5.73 Å². The van der Waals surface area contributed by atoms with E-state index in [0.717, 1.165) is 11.0 Å². The average molecular weight is 259 g/mol. The van der Waals surface area contributed by atoms with Gasteiger partial charge >= 0.3 is 0 Å². The summed E-state index contributed by atoms with van der Waals surface area (Å²) in [6.07, 6.45) is 1.63. The highest BCUT2D eigenvalue weighted by Gasteiger charge is 2.00. The Labute approximate surface area is 87.5 Å². The molecule has 0 saturated carbocycles. The van der Waals surface area contributed by atoms with Crippen LogP contribution in [0, 0.1) is 0 Å². The van der Waals surface area contributed by atoms with Gasteiger partial charge in [-0.25, -0.2) is 9.67 Å². The van der Waals surface area contributed by atoms with E-state index in [4.69, 9.17) is 5.73 Å². The summed E-state index contributed by atoms with van der Waals surface area (Å²) in [6, 6.07) is 2.06. The smallest absolute Gasteiger partial charge is 0.239 e. The van der Waals surface area contributed by atoms with Crippen LogP contribution in [0.15, 0.2) is 22.2 Å². The highest BCUT2D eigenvalue weighted by Crippen LogP contribution is 2.20. The van der Waals surface area contributed by atoms with E-state index in [1.165, 1.54) is 4.88 Å². The van der Waals surface area contributed by atoms with Crippen molar-refractivity contribution in [2.24, 2.45) is 0 Å². The molecule has 0 aromatic carbocycles. The minimum absolute atomic E-state index is 0.315. The van der Waals surface area contributed by atoms with E-state index < -0.39 is 0 Å². The fraction of sp³-hybridized carbons (Fsp3) is 0.143. The molecule has 0 aliphatic heterocycles. The summed E-state index contributed by atoms with van der Waals surface area (Å²) < 4.78 is 2.81. The maximum absolute atomic E-state index is 5.39. The monoisotopic (exact) mass is 258 g/mol. The Morgan fingerprint density at radius 2 is 2.46 bits per heavy atom. The van der Waals surface area contributed by atoms with Crippen LogP contribution in [0.5, 0.6) is 0 Å². The van der Waals surface area contributed by atoms with Gasteiger partial charge in [-0.2, -0.15) is 0 Å². The lowest BCUT2D eigenvalue weighted by Gasteiger charge is -1.94. The number of nitrogen functional groups attached to an aromatic ring is 1. The molecule has 0 spiro atoms. The number of halogens is 1. The Morgan fingerprint density at radius 1 is 1.62 bits per heavy atom. The number of rotatable bonds is 2. The predicted molar refractivity (Wildman–Crippen MR) is 55.6 cm³/mol. The van der Waals surface area contributed by atoms with Gasteiger partial charge in [0.2, 0.25) is 5.95 Å². The summed E-state index contributed by atoms with van der Waals surface area (Å²) in [4.78, 5) is 5.06. The molecule has 0 unspecified atom stereocenters. The van der Waals surface area contributed by atoms with E-state index >= 15 is 0 Å². The Morgan fingerprint density at radius 3 is 3.00 bits per heavy atom. The van der Waals surface area contributed by atoms with Crippen LogP contribution >= 0.6 is 27.3 Å². The fourth-order valence-corrected chi connectivity index (χ4v) is 2.42. The zero-order valence-electron chi connectivity index (χ0n) is 6.64. The van der Waals surface area contributed by atoms with Gasteiger partial charge in [0.1, 0.15) is 6.33 Å². The molecule has 0 atom stereocenters. The molecule has 6 heteroatoms. The summed E-state index contributed by atoms with van der Waals surface area (Å²) in [5, 5.41) is 6.03. The number of anilines is 1. The number of hydrogen-bond donors (Lipinski definition) is 1. The first-order valence-corrected chi connectivity index (χ1v) is 5.29. The van der Waals surface area contributed by atoms with Gasteiger partial charge in [0, 0.05) is 14.7 Å². The van der Waals surface area contributed by atoms with Crippen LogP contribution in [-0.2, 0) is 6.54 Å². The van der Waals surface area contributed by atoms with E-state index in [-0.39, 0.29) is 0 Å². The third-order valence-electron chi connectivity index (χ3n) is 1.49. The minimum Gasteiger partial charge on any atom is -0.367 e. The van der Waals surface area contributed by atoms with Crippen molar-refractivity contribution in [1.82, 2.24) is 14.8 Å². The molecule has 0 aliphatic carbocycles. The average Bonchev–Trinajstić information content (AvgIpc) is 2.62. The van der Waals surface area contributed by atoms with Crippen molar-refractivity contribution in [2.45, 2.75) is 6.54 Å². The second-order valence-electron chi connectivity index (χ2n) is 2.53.